The molecule has 0 radical (unpaired) electrons. The second kappa shape index (κ2) is 9.27. The molecule has 1 heterocycles. The minimum absolute atomic E-state index is 0. The van der Waals surface area contributed by atoms with Gasteiger partial charge in [0.05, 0.1) is 23.8 Å². The van der Waals surface area contributed by atoms with Crippen molar-refractivity contribution in [2.24, 2.45) is 5.84 Å². The number of likely N-dealkylation sites (N-methyl/N-ethyl adjacent to an activating group) is 1. The molecule has 0 aromatic heterocycles. The highest BCUT2D eigenvalue weighted by Gasteiger charge is 2.23. The van der Waals surface area contributed by atoms with Gasteiger partial charge in [-0.15, -0.1) is 17.2 Å². The fourth-order valence-electron chi connectivity index (χ4n) is 2.45. The van der Waals surface area contributed by atoms with Gasteiger partial charge in [-0.1, -0.05) is 0 Å². The summed E-state index contributed by atoms with van der Waals surface area (Å²) >= 11 is 0. The third kappa shape index (κ3) is 5.49. The van der Waals surface area contributed by atoms with E-state index in [2.05, 4.69) is 4.90 Å². The van der Waals surface area contributed by atoms with Crippen molar-refractivity contribution in [1.29, 1.82) is 0 Å². The number of sulfonamides is 1. The van der Waals surface area contributed by atoms with Crippen LogP contribution in [-0.2, 0) is 14.8 Å². The van der Waals surface area contributed by atoms with Gasteiger partial charge in [0, 0.05) is 45.4 Å². The normalized spacial score (nSPS) is 15.4. The van der Waals surface area contributed by atoms with Crippen LogP contribution in [0.1, 0.15) is 0 Å². The Kier molecular flexibility index (Phi) is 7.99. The minimum Gasteiger partial charge on any atom is -0.379 e. The van der Waals surface area contributed by atoms with E-state index in [1.165, 1.54) is 12.1 Å². The highest BCUT2D eigenvalue weighted by molar-refractivity contribution is 7.89. The summed E-state index contributed by atoms with van der Waals surface area (Å²) < 4.78 is 29.5. The zero-order valence-corrected chi connectivity index (χ0v) is 15.4. The Morgan fingerprint density at radius 3 is 2.60 bits per heavy atom. The van der Waals surface area contributed by atoms with E-state index < -0.39 is 14.9 Å². The number of morpholine rings is 1. The molecule has 1 aliphatic heterocycles. The molecule has 0 bridgehead atoms. The molecule has 0 aliphatic carbocycles. The van der Waals surface area contributed by atoms with Crippen molar-refractivity contribution in [3.8, 4) is 0 Å². The average Bonchev–Trinajstić information content (AvgIpc) is 2.60. The van der Waals surface area contributed by atoms with E-state index in [4.69, 9.17) is 10.6 Å². The lowest BCUT2D eigenvalue weighted by molar-refractivity contribution is -0.385. The van der Waals surface area contributed by atoms with Gasteiger partial charge in [-0.3, -0.25) is 20.9 Å². The number of rotatable bonds is 7. The first kappa shape index (κ1) is 21.5. The lowest BCUT2D eigenvalue weighted by Crippen LogP contribution is -2.41. The Labute approximate surface area is 152 Å². The maximum atomic E-state index is 12.1. The molecule has 142 valence electrons. The quantitative estimate of drug-likeness (QED) is 0.373. The van der Waals surface area contributed by atoms with Crippen LogP contribution in [-0.4, -0.2) is 64.7 Å². The number of nitrogens with one attached hydrogen (secondary N) is 1. The predicted octanol–water partition coefficient (Wildman–Crippen LogP) is -0.0630. The van der Waals surface area contributed by atoms with Crippen molar-refractivity contribution in [2.75, 3.05) is 51.3 Å². The lowest BCUT2D eigenvalue weighted by Gasteiger charge is -2.29. The molecule has 10 nitrogen and oxygen atoms in total. The SMILES string of the molecule is CN(CCN1CCOCC1)c1ccc([N+](=O)[O-])cc1S(=O)(=O)NN.Cl. The lowest BCUT2D eigenvalue weighted by atomic mass is 10.2. The molecule has 0 amide bonds. The zero-order chi connectivity index (χ0) is 17.7. The number of hydrogen-bond acceptors (Lipinski definition) is 8. The largest absolute Gasteiger partial charge is 0.379 e. The second-order valence-corrected chi connectivity index (χ2v) is 7.09. The van der Waals surface area contributed by atoms with Crippen molar-refractivity contribution < 1.29 is 18.1 Å². The van der Waals surface area contributed by atoms with Crippen molar-refractivity contribution in [2.45, 2.75) is 4.90 Å². The van der Waals surface area contributed by atoms with Gasteiger partial charge in [-0.25, -0.2) is 8.42 Å². The van der Waals surface area contributed by atoms with Crippen LogP contribution >= 0.6 is 12.4 Å². The van der Waals surface area contributed by atoms with Crippen LogP contribution in [0.25, 0.3) is 0 Å². The second-order valence-electron chi connectivity index (χ2n) is 5.41. The number of hydrogen-bond donors (Lipinski definition) is 2. The third-order valence-electron chi connectivity index (χ3n) is 3.87. The molecule has 0 unspecified atom stereocenters. The maximum absolute atomic E-state index is 12.1. The number of nitrogens with two attached hydrogens (primary N) is 1. The minimum atomic E-state index is -4.02. The first-order valence-corrected chi connectivity index (χ1v) is 8.85. The number of nitro groups is 1. The molecular formula is C13H22ClN5O5S. The van der Waals surface area contributed by atoms with E-state index in [9.17, 15) is 18.5 Å². The van der Waals surface area contributed by atoms with E-state index >= 15 is 0 Å². The van der Waals surface area contributed by atoms with Crippen molar-refractivity contribution in [3.63, 3.8) is 0 Å². The van der Waals surface area contributed by atoms with Gasteiger partial charge in [0.25, 0.3) is 15.7 Å². The van der Waals surface area contributed by atoms with Crippen LogP contribution < -0.4 is 15.6 Å². The Morgan fingerprint density at radius 2 is 2.04 bits per heavy atom. The summed E-state index contributed by atoms with van der Waals surface area (Å²) in [4.78, 5) is 15.7. The number of anilines is 1. The number of nitrogens with zero attached hydrogens (tertiary/aromatic N) is 3. The van der Waals surface area contributed by atoms with Crippen LogP contribution in [0.5, 0.6) is 0 Å². The van der Waals surface area contributed by atoms with Crippen LogP contribution in [0.4, 0.5) is 11.4 Å². The fraction of sp³-hybridized carbons (Fsp3) is 0.538. The van der Waals surface area contributed by atoms with Gasteiger partial charge in [-0.05, 0) is 6.07 Å². The number of nitro benzene ring substituents is 1. The Balaban J connectivity index is 0.00000312. The summed E-state index contributed by atoms with van der Waals surface area (Å²) in [7, 11) is -2.29. The van der Waals surface area contributed by atoms with Gasteiger partial charge in [-0.2, -0.15) is 0 Å². The molecule has 2 rings (SSSR count). The number of ether oxygens (including phenoxy) is 1. The van der Waals surface area contributed by atoms with Gasteiger partial charge in [0.2, 0.25) is 0 Å². The molecule has 1 saturated heterocycles. The monoisotopic (exact) mass is 395 g/mol. The van der Waals surface area contributed by atoms with E-state index in [1.54, 1.807) is 16.8 Å². The maximum Gasteiger partial charge on any atom is 0.270 e. The summed E-state index contributed by atoms with van der Waals surface area (Å²) in [5.41, 5.74) is 0.0426. The summed E-state index contributed by atoms with van der Waals surface area (Å²) in [6.07, 6.45) is 0. The van der Waals surface area contributed by atoms with Crippen molar-refractivity contribution >= 4 is 33.8 Å². The molecule has 1 aromatic carbocycles. The zero-order valence-electron chi connectivity index (χ0n) is 13.8. The van der Waals surface area contributed by atoms with Gasteiger partial charge in [0.1, 0.15) is 4.90 Å². The molecule has 3 N–H and O–H groups in total. The summed E-state index contributed by atoms with van der Waals surface area (Å²) in [5.74, 6) is 5.08. The Bertz CT molecular complexity index is 696. The van der Waals surface area contributed by atoms with Crippen LogP contribution in [0, 0.1) is 10.1 Å². The fourth-order valence-corrected chi connectivity index (χ4v) is 3.35. The molecular weight excluding hydrogens is 374 g/mol. The third-order valence-corrected chi connectivity index (χ3v) is 5.08. The summed E-state index contributed by atoms with van der Waals surface area (Å²) in [6.45, 7) is 4.29. The Morgan fingerprint density at radius 1 is 1.40 bits per heavy atom. The molecule has 1 fully saturated rings. The Hall–Kier alpha value is -1.50. The van der Waals surface area contributed by atoms with Crippen molar-refractivity contribution in [1.82, 2.24) is 9.73 Å². The number of benzene rings is 1. The molecule has 1 aromatic rings. The van der Waals surface area contributed by atoms with Gasteiger partial charge >= 0.3 is 0 Å². The predicted molar refractivity (Wildman–Crippen MR) is 95.4 cm³/mol. The van der Waals surface area contributed by atoms with Gasteiger partial charge in [0.15, 0.2) is 0 Å². The van der Waals surface area contributed by atoms with Crippen LogP contribution in [0.2, 0.25) is 0 Å². The number of non-ortho nitro benzene ring substituents is 1. The average molecular weight is 396 g/mol. The van der Waals surface area contributed by atoms with Crippen molar-refractivity contribution in [3.05, 3.63) is 28.3 Å². The molecule has 0 spiro atoms. The summed E-state index contributed by atoms with van der Waals surface area (Å²) in [5, 5.41) is 10.9. The smallest absolute Gasteiger partial charge is 0.270 e. The van der Waals surface area contributed by atoms with E-state index in [0.717, 1.165) is 25.7 Å². The summed E-state index contributed by atoms with van der Waals surface area (Å²) in [6, 6.07) is 3.70. The van der Waals surface area contributed by atoms with E-state index in [1.807, 2.05) is 0 Å². The first-order valence-electron chi connectivity index (χ1n) is 7.37. The number of halogens is 1. The first-order chi connectivity index (χ1) is 11.3. The van der Waals surface area contributed by atoms with Crippen LogP contribution in [0.15, 0.2) is 23.1 Å². The standard InChI is InChI=1S/C13H21N5O5S.ClH/c1-16(4-5-17-6-8-23-9-7-17)12-3-2-11(18(19)20)10-13(12)24(21,22)15-14;/h2-3,10,15H,4-9,14H2,1H3;1H. The highest BCUT2D eigenvalue weighted by Crippen LogP contribution is 2.28. The molecule has 25 heavy (non-hydrogen) atoms. The highest BCUT2D eigenvalue weighted by atomic mass is 35.5. The van der Waals surface area contributed by atoms with E-state index in [0.29, 0.717) is 25.4 Å². The van der Waals surface area contributed by atoms with Crippen LogP contribution in [0.3, 0.4) is 0 Å². The number of hydrazine groups is 1. The van der Waals surface area contributed by atoms with Gasteiger partial charge < -0.3 is 9.64 Å². The molecule has 0 saturated carbocycles. The molecule has 12 heteroatoms. The molecule has 1 aliphatic rings. The molecule has 0 atom stereocenters. The topological polar surface area (TPSA) is 131 Å². The van der Waals surface area contributed by atoms with E-state index in [-0.39, 0.29) is 23.0 Å².